The minimum atomic E-state index is 0.326. The van der Waals surface area contributed by atoms with Crippen LogP contribution in [0.3, 0.4) is 0 Å². The fourth-order valence-electron chi connectivity index (χ4n) is 2.36. The smallest absolute Gasteiger partial charge is 0.0306 e. The summed E-state index contributed by atoms with van der Waals surface area (Å²) in [6, 6.07) is 0. The van der Waals surface area contributed by atoms with Gasteiger partial charge in [-0.25, -0.2) is 0 Å². The molecule has 0 aromatic carbocycles. The second-order valence-electron chi connectivity index (χ2n) is 5.69. The molecule has 2 nitrogen and oxygen atoms in total. The Hall–Kier alpha value is -0.0800. The van der Waals surface area contributed by atoms with Crippen LogP contribution >= 0.6 is 0 Å². The van der Waals surface area contributed by atoms with E-state index in [4.69, 9.17) is 0 Å². The number of nitrogens with one attached hydrogen (secondary N) is 1. The predicted molar refractivity (Wildman–Crippen MR) is 67.3 cm³/mol. The Kier molecular flexibility index (Phi) is 4.19. The van der Waals surface area contributed by atoms with E-state index < -0.39 is 0 Å². The van der Waals surface area contributed by atoms with Crippen molar-refractivity contribution in [3.05, 3.63) is 0 Å². The van der Waals surface area contributed by atoms with E-state index >= 15 is 0 Å². The lowest BCUT2D eigenvalue weighted by molar-refractivity contribution is 0.107. The first kappa shape index (κ1) is 13.0. The van der Waals surface area contributed by atoms with Crippen molar-refractivity contribution in [2.45, 2.75) is 64.5 Å². The molecule has 90 valence electrons. The fraction of sp³-hybridized carbons (Fsp3) is 1.00. The lowest BCUT2D eigenvalue weighted by Gasteiger charge is -2.41. The average Bonchev–Trinajstić information content (AvgIpc) is 2.67. The molecular formula is C13H28N2. The van der Waals surface area contributed by atoms with Gasteiger partial charge in [-0.3, -0.25) is 4.90 Å². The van der Waals surface area contributed by atoms with E-state index in [0.29, 0.717) is 11.1 Å². The minimum absolute atomic E-state index is 0.326. The molecule has 1 aliphatic rings. The molecule has 0 aromatic rings. The maximum Gasteiger partial charge on any atom is 0.0306 e. The zero-order chi connectivity index (χ0) is 11.5. The van der Waals surface area contributed by atoms with Crippen molar-refractivity contribution < 1.29 is 0 Å². The standard InChI is InChI=1S/C13H28N2/c1-6-12(3,4)15(5)11-13(7-2)9-8-10-14-13/h14H,6-11H2,1-5H3. The highest BCUT2D eigenvalue weighted by Crippen LogP contribution is 2.27. The summed E-state index contributed by atoms with van der Waals surface area (Å²) in [6.45, 7) is 11.7. The van der Waals surface area contributed by atoms with Crippen LogP contribution < -0.4 is 5.32 Å². The first-order valence-electron chi connectivity index (χ1n) is 6.42. The SMILES string of the molecule is CCC1(CN(C)C(C)(C)CC)CCCN1. The van der Waals surface area contributed by atoms with Gasteiger partial charge in [-0.2, -0.15) is 0 Å². The van der Waals surface area contributed by atoms with Crippen LogP contribution in [-0.4, -0.2) is 36.1 Å². The van der Waals surface area contributed by atoms with Crippen LogP contribution in [0.5, 0.6) is 0 Å². The van der Waals surface area contributed by atoms with Crippen molar-refractivity contribution in [2.24, 2.45) is 0 Å². The first-order chi connectivity index (χ1) is 6.96. The van der Waals surface area contributed by atoms with Crippen LogP contribution in [0, 0.1) is 0 Å². The molecule has 0 aromatic heterocycles. The summed E-state index contributed by atoms with van der Waals surface area (Å²) in [6.07, 6.45) is 5.14. The maximum atomic E-state index is 3.71. The summed E-state index contributed by atoms with van der Waals surface area (Å²) in [5, 5.41) is 3.71. The molecule has 0 bridgehead atoms. The van der Waals surface area contributed by atoms with Gasteiger partial charge in [0.05, 0.1) is 0 Å². The van der Waals surface area contributed by atoms with Gasteiger partial charge in [-0.1, -0.05) is 13.8 Å². The summed E-state index contributed by atoms with van der Waals surface area (Å²) in [5.74, 6) is 0. The van der Waals surface area contributed by atoms with Crippen molar-refractivity contribution in [2.75, 3.05) is 20.1 Å². The van der Waals surface area contributed by atoms with E-state index in [9.17, 15) is 0 Å². The molecular weight excluding hydrogens is 184 g/mol. The van der Waals surface area contributed by atoms with Gasteiger partial charge in [-0.15, -0.1) is 0 Å². The summed E-state index contributed by atoms with van der Waals surface area (Å²) in [5.41, 5.74) is 0.716. The molecule has 15 heavy (non-hydrogen) atoms. The lowest BCUT2D eigenvalue weighted by Crippen LogP contribution is -2.53. The Balaban J connectivity index is 2.59. The summed E-state index contributed by atoms with van der Waals surface area (Å²) in [7, 11) is 2.26. The van der Waals surface area contributed by atoms with Gasteiger partial charge >= 0.3 is 0 Å². The Bertz CT molecular complexity index is 193. The molecule has 1 fully saturated rings. The zero-order valence-electron chi connectivity index (χ0n) is 11.2. The Morgan fingerprint density at radius 2 is 2.00 bits per heavy atom. The number of likely N-dealkylation sites (N-methyl/N-ethyl adjacent to an activating group) is 1. The summed E-state index contributed by atoms with van der Waals surface area (Å²) >= 11 is 0. The molecule has 1 saturated heterocycles. The molecule has 1 aliphatic heterocycles. The van der Waals surface area contributed by atoms with Gasteiger partial charge in [-0.05, 0) is 53.1 Å². The van der Waals surface area contributed by atoms with Gasteiger partial charge in [0.1, 0.15) is 0 Å². The monoisotopic (exact) mass is 212 g/mol. The van der Waals surface area contributed by atoms with E-state index in [1.807, 2.05) is 0 Å². The Labute approximate surface area is 95.4 Å². The quantitative estimate of drug-likeness (QED) is 0.753. The van der Waals surface area contributed by atoms with Gasteiger partial charge in [0.2, 0.25) is 0 Å². The predicted octanol–water partition coefficient (Wildman–Crippen LogP) is 2.64. The highest BCUT2D eigenvalue weighted by Gasteiger charge is 2.35. The van der Waals surface area contributed by atoms with Crippen molar-refractivity contribution in [3.8, 4) is 0 Å². The van der Waals surface area contributed by atoms with Gasteiger partial charge in [0.15, 0.2) is 0 Å². The topological polar surface area (TPSA) is 15.3 Å². The van der Waals surface area contributed by atoms with E-state index in [1.54, 1.807) is 0 Å². The molecule has 0 aliphatic carbocycles. The third-order valence-electron chi connectivity index (χ3n) is 4.45. The van der Waals surface area contributed by atoms with Crippen LogP contribution in [0.2, 0.25) is 0 Å². The molecule has 0 radical (unpaired) electrons. The molecule has 0 amide bonds. The third-order valence-corrected chi connectivity index (χ3v) is 4.45. The normalized spacial score (nSPS) is 27.6. The molecule has 1 N–H and O–H groups in total. The lowest BCUT2D eigenvalue weighted by atomic mass is 9.90. The van der Waals surface area contributed by atoms with Crippen LogP contribution in [0.25, 0.3) is 0 Å². The number of hydrogen-bond acceptors (Lipinski definition) is 2. The van der Waals surface area contributed by atoms with Gasteiger partial charge in [0, 0.05) is 17.6 Å². The van der Waals surface area contributed by atoms with E-state index in [1.165, 1.54) is 38.8 Å². The second-order valence-corrected chi connectivity index (χ2v) is 5.69. The maximum absolute atomic E-state index is 3.71. The van der Waals surface area contributed by atoms with Crippen LogP contribution in [0.1, 0.15) is 53.4 Å². The van der Waals surface area contributed by atoms with Crippen molar-refractivity contribution in [1.29, 1.82) is 0 Å². The Morgan fingerprint density at radius 3 is 2.40 bits per heavy atom. The molecule has 2 heteroatoms. The highest BCUT2D eigenvalue weighted by atomic mass is 15.2. The molecule has 0 saturated carbocycles. The van der Waals surface area contributed by atoms with E-state index in [-0.39, 0.29) is 0 Å². The number of nitrogens with zero attached hydrogens (tertiary/aromatic N) is 1. The van der Waals surface area contributed by atoms with Crippen LogP contribution in [0.4, 0.5) is 0 Å². The molecule has 1 atom stereocenters. The van der Waals surface area contributed by atoms with E-state index in [0.717, 1.165) is 0 Å². The molecule has 1 rings (SSSR count). The second kappa shape index (κ2) is 4.84. The van der Waals surface area contributed by atoms with Crippen LogP contribution in [-0.2, 0) is 0 Å². The summed E-state index contributed by atoms with van der Waals surface area (Å²) < 4.78 is 0. The largest absolute Gasteiger partial charge is 0.310 e. The van der Waals surface area contributed by atoms with Gasteiger partial charge in [0.25, 0.3) is 0 Å². The third kappa shape index (κ3) is 2.94. The van der Waals surface area contributed by atoms with Gasteiger partial charge < -0.3 is 5.32 Å². The van der Waals surface area contributed by atoms with E-state index in [2.05, 4.69) is 45.0 Å². The highest BCUT2D eigenvalue weighted by molar-refractivity contribution is 4.96. The van der Waals surface area contributed by atoms with Crippen molar-refractivity contribution in [3.63, 3.8) is 0 Å². The average molecular weight is 212 g/mol. The molecule has 1 heterocycles. The van der Waals surface area contributed by atoms with Crippen molar-refractivity contribution in [1.82, 2.24) is 10.2 Å². The summed E-state index contributed by atoms with van der Waals surface area (Å²) in [4.78, 5) is 2.52. The van der Waals surface area contributed by atoms with Crippen LogP contribution in [0.15, 0.2) is 0 Å². The number of rotatable bonds is 5. The fourth-order valence-corrected chi connectivity index (χ4v) is 2.36. The molecule has 0 spiro atoms. The molecule has 1 unspecified atom stereocenters. The first-order valence-corrected chi connectivity index (χ1v) is 6.42. The zero-order valence-corrected chi connectivity index (χ0v) is 11.2. The van der Waals surface area contributed by atoms with Crippen molar-refractivity contribution >= 4 is 0 Å². The minimum Gasteiger partial charge on any atom is -0.310 e. The Morgan fingerprint density at radius 1 is 1.33 bits per heavy atom. The number of hydrogen-bond donors (Lipinski definition) is 1.